The van der Waals surface area contributed by atoms with Crippen molar-refractivity contribution in [2.75, 3.05) is 0 Å². The van der Waals surface area contributed by atoms with Crippen LogP contribution in [0.5, 0.6) is 0 Å². The van der Waals surface area contributed by atoms with E-state index in [0.717, 1.165) is 18.4 Å². The number of hydrogen-bond acceptors (Lipinski definition) is 3. The first-order chi connectivity index (χ1) is 9.15. The lowest BCUT2D eigenvalue weighted by Crippen LogP contribution is -2.36. The summed E-state index contributed by atoms with van der Waals surface area (Å²) in [5.41, 5.74) is 0.912. The fraction of sp³-hybridized carbons (Fsp3) is 0.333. The molecule has 100 valence electrons. The number of carbonyl (C=O) groups is 2. The molecule has 1 fully saturated rings. The summed E-state index contributed by atoms with van der Waals surface area (Å²) in [5, 5.41) is 2.79. The Morgan fingerprint density at radius 2 is 2.00 bits per heavy atom. The summed E-state index contributed by atoms with van der Waals surface area (Å²) in [5.74, 6) is -0.744. The molecule has 1 aromatic carbocycles. The Kier molecular flexibility index (Phi) is 4.34. The first kappa shape index (κ1) is 13.3. The maximum absolute atomic E-state index is 11.6. The third-order valence-electron chi connectivity index (χ3n) is 2.80. The van der Waals surface area contributed by atoms with E-state index < -0.39 is 12.1 Å². The van der Waals surface area contributed by atoms with Crippen molar-refractivity contribution in [2.24, 2.45) is 0 Å². The SMILES string of the molecule is C[C@H](OC(=O)/C=C/c1ccccc1)C(=O)NC1CC1. The average Bonchev–Trinajstić information content (AvgIpc) is 3.21. The number of esters is 1. The number of hydrogen-bond donors (Lipinski definition) is 1. The third-order valence-corrected chi connectivity index (χ3v) is 2.80. The van der Waals surface area contributed by atoms with E-state index in [-0.39, 0.29) is 11.9 Å². The number of carbonyl (C=O) groups excluding carboxylic acids is 2. The molecule has 0 bridgehead atoms. The van der Waals surface area contributed by atoms with Crippen molar-refractivity contribution in [3.63, 3.8) is 0 Å². The highest BCUT2D eigenvalue weighted by Gasteiger charge is 2.26. The van der Waals surface area contributed by atoms with Gasteiger partial charge in [-0.3, -0.25) is 4.79 Å². The van der Waals surface area contributed by atoms with Crippen molar-refractivity contribution in [2.45, 2.75) is 31.9 Å². The summed E-state index contributed by atoms with van der Waals surface area (Å²) in [6.45, 7) is 1.58. The Bertz CT molecular complexity index is 477. The van der Waals surface area contributed by atoms with Crippen molar-refractivity contribution in [3.8, 4) is 0 Å². The number of nitrogens with one attached hydrogen (secondary N) is 1. The van der Waals surface area contributed by atoms with Crippen molar-refractivity contribution >= 4 is 18.0 Å². The van der Waals surface area contributed by atoms with Gasteiger partial charge < -0.3 is 10.1 Å². The molecule has 4 heteroatoms. The second-order valence-electron chi connectivity index (χ2n) is 4.61. The van der Waals surface area contributed by atoms with Crippen LogP contribution in [0.3, 0.4) is 0 Å². The Balaban J connectivity index is 1.79. The van der Waals surface area contributed by atoms with E-state index in [2.05, 4.69) is 5.32 Å². The highest BCUT2D eigenvalue weighted by atomic mass is 16.5. The van der Waals surface area contributed by atoms with Crippen LogP contribution in [0.2, 0.25) is 0 Å². The zero-order chi connectivity index (χ0) is 13.7. The standard InChI is InChI=1S/C15H17NO3/c1-11(15(18)16-13-8-9-13)19-14(17)10-7-12-5-3-2-4-6-12/h2-7,10-11,13H,8-9H2,1H3,(H,16,18)/b10-7+/t11-/m0/s1. The van der Waals surface area contributed by atoms with E-state index in [1.54, 1.807) is 13.0 Å². The summed E-state index contributed by atoms with van der Waals surface area (Å²) < 4.78 is 5.02. The molecule has 0 aromatic heterocycles. The Hall–Kier alpha value is -2.10. The van der Waals surface area contributed by atoms with Gasteiger partial charge in [-0.15, -0.1) is 0 Å². The fourth-order valence-electron chi connectivity index (χ4n) is 1.54. The van der Waals surface area contributed by atoms with E-state index in [4.69, 9.17) is 4.74 Å². The number of rotatable bonds is 5. The Morgan fingerprint density at radius 3 is 2.63 bits per heavy atom. The number of benzene rings is 1. The molecule has 2 rings (SSSR count). The molecule has 1 atom stereocenters. The largest absolute Gasteiger partial charge is 0.449 e. The summed E-state index contributed by atoms with van der Waals surface area (Å²) in [7, 11) is 0. The summed E-state index contributed by atoms with van der Waals surface area (Å²) in [6, 6.07) is 9.71. The van der Waals surface area contributed by atoms with E-state index in [0.29, 0.717) is 0 Å². The van der Waals surface area contributed by atoms with Crippen molar-refractivity contribution in [1.29, 1.82) is 0 Å². The highest BCUT2D eigenvalue weighted by Crippen LogP contribution is 2.18. The molecule has 0 radical (unpaired) electrons. The molecular weight excluding hydrogens is 242 g/mol. The van der Waals surface area contributed by atoms with Crippen LogP contribution >= 0.6 is 0 Å². The van der Waals surface area contributed by atoms with Crippen molar-refractivity contribution in [1.82, 2.24) is 5.32 Å². The van der Waals surface area contributed by atoms with E-state index >= 15 is 0 Å². The minimum Gasteiger partial charge on any atom is -0.449 e. The lowest BCUT2D eigenvalue weighted by Gasteiger charge is -2.11. The fourth-order valence-corrected chi connectivity index (χ4v) is 1.54. The first-order valence-electron chi connectivity index (χ1n) is 6.39. The van der Waals surface area contributed by atoms with Crippen LogP contribution in [0.4, 0.5) is 0 Å². The van der Waals surface area contributed by atoms with Crippen LogP contribution in [0.25, 0.3) is 6.08 Å². The van der Waals surface area contributed by atoms with Gasteiger partial charge in [0, 0.05) is 12.1 Å². The van der Waals surface area contributed by atoms with Crippen LogP contribution in [0, 0.1) is 0 Å². The van der Waals surface area contributed by atoms with Gasteiger partial charge in [-0.25, -0.2) is 4.79 Å². The van der Waals surface area contributed by atoms with Crippen LogP contribution in [-0.4, -0.2) is 24.0 Å². The predicted octanol–water partition coefficient (Wildman–Crippen LogP) is 1.91. The van der Waals surface area contributed by atoms with E-state index in [9.17, 15) is 9.59 Å². The molecule has 0 saturated heterocycles. The van der Waals surface area contributed by atoms with Gasteiger partial charge in [0.05, 0.1) is 0 Å². The maximum Gasteiger partial charge on any atom is 0.331 e. The zero-order valence-corrected chi connectivity index (χ0v) is 10.8. The molecule has 19 heavy (non-hydrogen) atoms. The molecule has 0 unspecified atom stereocenters. The molecule has 4 nitrogen and oxygen atoms in total. The molecule has 1 amide bonds. The molecule has 1 aliphatic rings. The van der Waals surface area contributed by atoms with Gasteiger partial charge in [0.15, 0.2) is 6.10 Å². The molecule has 0 spiro atoms. The molecule has 1 N–H and O–H groups in total. The lowest BCUT2D eigenvalue weighted by molar-refractivity contribution is -0.150. The number of ether oxygens (including phenoxy) is 1. The maximum atomic E-state index is 11.6. The summed E-state index contributed by atoms with van der Waals surface area (Å²) in [4.78, 5) is 23.1. The van der Waals surface area contributed by atoms with Gasteiger partial charge in [0.25, 0.3) is 5.91 Å². The molecule has 0 heterocycles. The zero-order valence-electron chi connectivity index (χ0n) is 10.8. The summed E-state index contributed by atoms with van der Waals surface area (Å²) >= 11 is 0. The Morgan fingerprint density at radius 1 is 1.32 bits per heavy atom. The number of amides is 1. The van der Waals surface area contributed by atoms with Gasteiger partial charge in [-0.1, -0.05) is 30.3 Å². The van der Waals surface area contributed by atoms with Gasteiger partial charge in [-0.05, 0) is 31.4 Å². The van der Waals surface area contributed by atoms with Crippen molar-refractivity contribution < 1.29 is 14.3 Å². The van der Waals surface area contributed by atoms with Crippen LogP contribution in [0.1, 0.15) is 25.3 Å². The summed E-state index contributed by atoms with van der Waals surface area (Å²) in [6.07, 6.45) is 4.26. The smallest absolute Gasteiger partial charge is 0.331 e. The highest BCUT2D eigenvalue weighted by molar-refractivity contribution is 5.90. The quantitative estimate of drug-likeness (QED) is 0.649. The lowest BCUT2D eigenvalue weighted by atomic mass is 10.2. The van der Waals surface area contributed by atoms with Crippen molar-refractivity contribution in [3.05, 3.63) is 42.0 Å². The molecule has 1 aromatic rings. The van der Waals surface area contributed by atoms with E-state index in [1.807, 2.05) is 30.3 Å². The topological polar surface area (TPSA) is 55.4 Å². The molecule has 0 aliphatic heterocycles. The second-order valence-corrected chi connectivity index (χ2v) is 4.61. The van der Waals surface area contributed by atoms with Gasteiger partial charge in [0.1, 0.15) is 0 Å². The van der Waals surface area contributed by atoms with Crippen LogP contribution in [-0.2, 0) is 14.3 Å². The van der Waals surface area contributed by atoms with Gasteiger partial charge >= 0.3 is 5.97 Å². The van der Waals surface area contributed by atoms with Gasteiger partial charge in [-0.2, -0.15) is 0 Å². The van der Waals surface area contributed by atoms with Crippen LogP contribution in [0.15, 0.2) is 36.4 Å². The van der Waals surface area contributed by atoms with Gasteiger partial charge in [0.2, 0.25) is 0 Å². The third kappa shape index (κ3) is 4.58. The molecular formula is C15H17NO3. The monoisotopic (exact) mass is 259 g/mol. The normalized spacial score (nSPS) is 16.1. The Labute approximate surface area is 112 Å². The van der Waals surface area contributed by atoms with E-state index in [1.165, 1.54) is 6.08 Å². The molecule has 1 saturated carbocycles. The molecule has 1 aliphatic carbocycles. The van der Waals surface area contributed by atoms with Crippen LogP contribution < -0.4 is 5.32 Å². The minimum absolute atomic E-state index is 0.232. The average molecular weight is 259 g/mol. The predicted molar refractivity (Wildman–Crippen MR) is 72.2 cm³/mol. The second kappa shape index (κ2) is 6.18. The minimum atomic E-state index is -0.756. The first-order valence-corrected chi connectivity index (χ1v) is 6.39.